The average Bonchev–Trinajstić information content (AvgIpc) is 2.40. The van der Waals surface area contributed by atoms with E-state index >= 15 is 0 Å². The molecule has 2 aliphatic rings. The van der Waals surface area contributed by atoms with Crippen molar-refractivity contribution in [2.24, 2.45) is 15.9 Å². The summed E-state index contributed by atoms with van der Waals surface area (Å²) in [5.41, 5.74) is 2.30. The van der Waals surface area contributed by atoms with E-state index in [-0.39, 0.29) is 11.8 Å². The lowest BCUT2D eigenvalue weighted by Gasteiger charge is -2.33. The SMILES string of the molecule is CC1=NC(=O)[C@@H]2CN(Cc3ccccc3)CCC2=N1. The molecule has 0 unspecified atom stereocenters. The fourth-order valence-electron chi connectivity index (χ4n) is 2.71. The molecule has 98 valence electrons. The van der Waals surface area contributed by atoms with Crippen LogP contribution in [0.5, 0.6) is 0 Å². The molecule has 0 radical (unpaired) electrons. The minimum Gasteiger partial charge on any atom is -0.298 e. The molecule has 1 aromatic rings. The summed E-state index contributed by atoms with van der Waals surface area (Å²) in [5, 5.41) is 0. The van der Waals surface area contributed by atoms with Gasteiger partial charge in [-0.3, -0.25) is 9.69 Å². The van der Waals surface area contributed by atoms with Gasteiger partial charge in [0.05, 0.1) is 5.92 Å². The number of rotatable bonds is 2. The molecule has 3 rings (SSSR count). The molecule has 19 heavy (non-hydrogen) atoms. The first kappa shape index (κ1) is 12.2. The number of carbonyl (C=O) groups excluding carboxylic acids is 1. The van der Waals surface area contributed by atoms with Crippen LogP contribution in [0.1, 0.15) is 18.9 Å². The number of aliphatic imine (C=N–C) groups is 2. The fraction of sp³-hybridized carbons (Fsp3) is 0.400. The van der Waals surface area contributed by atoms with Crippen molar-refractivity contribution in [3.63, 3.8) is 0 Å². The molecule has 1 saturated heterocycles. The summed E-state index contributed by atoms with van der Waals surface area (Å²) in [6.45, 7) is 4.38. The van der Waals surface area contributed by atoms with Gasteiger partial charge in [0, 0.05) is 25.3 Å². The van der Waals surface area contributed by atoms with Gasteiger partial charge < -0.3 is 0 Å². The summed E-state index contributed by atoms with van der Waals surface area (Å²) >= 11 is 0. The van der Waals surface area contributed by atoms with E-state index in [0.29, 0.717) is 5.84 Å². The van der Waals surface area contributed by atoms with Crippen LogP contribution >= 0.6 is 0 Å². The summed E-state index contributed by atoms with van der Waals surface area (Å²) in [5.74, 6) is 0.453. The summed E-state index contributed by atoms with van der Waals surface area (Å²) in [6, 6.07) is 10.4. The Morgan fingerprint density at radius 3 is 2.84 bits per heavy atom. The molecule has 1 aromatic carbocycles. The highest BCUT2D eigenvalue weighted by molar-refractivity contribution is 6.16. The van der Waals surface area contributed by atoms with Crippen LogP contribution < -0.4 is 0 Å². The Kier molecular flexibility index (Phi) is 3.25. The van der Waals surface area contributed by atoms with Crippen molar-refractivity contribution in [3.05, 3.63) is 35.9 Å². The third kappa shape index (κ3) is 2.63. The monoisotopic (exact) mass is 255 g/mol. The number of fused-ring (bicyclic) bond motifs is 1. The normalized spacial score (nSPS) is 23.6. The minimum absolute atomic E-state index is 0.0275. The van der Waals surface area contributed by atoms with E-state index < -0.39 is 0 Å². The third-order valence-electron chi connectivity index (χ3n) is 3.65. The molecule has 0 N–H and O–H groups in total. The summed E-state index contributed by atoms with van der Waals surface area (Å²) in [4.78, 5) is 22.6. The standard InChI is InChI=1S/C15H17N3O/c1-11-16-14-7-8-18(10-13(14)15(19)17-11)9-12-5-3-2-4-6-12/h2-6,13H,7-10H2,1H3/t13-/m1/s1. The summed E-state index contributed by atoms with van der Waals surface area (Å²) in [7, 11) is 0. The smallest absolute Gasteiger partial charge is 0.257 e. The summed E-state index contributed by atoms with van der Waals surface area (Å²) in [6.07, 6.45) is 0.871. The first-order valence-electron chi connectivity index (χ1n) is 6.65. The number of carbonyl (C=O) groups is 1. The lowest BCUT2D eigenvalue weighted by Crippen LogP contribution is -2.45. The molecule has 2 aliphatic heterocycles. The number of nitrogens with zero attached hydrogens (tertiary/aromatic N) is 3. The van der Waals surface area contributed by atoms with Crippen LogP contribution in [-0.2, 0) is 11.3 Å². The van der Waals surface area contributed by atoms with Crippen LogP contribution in [-0.4, -0.2) is 35.4 Å². The second-order valence-corrected chi connectivity index (χ2v) is 5.12. The molecule has 0 saturated carbocycles. The topological polar surface area (TPSA) is 45.0 Å². The lowest BCUT2D eigenvalue weighted by molar-refractivity contribution is -0.120. The van der Waals surface area contributed by atoms with Crippen molar-refractivity contribution in [2.45, 2.75) is 19.9 Å². The van der Waals surface area contributed by atoms with E-state index in [1.807, 2.05) is 18.2 Å². The Bertz CT molecular complexity index is 548. The van der Waals surface area contributed by atoms with Gasteiger partial charge in [0.25, 0.3) is 5.91 Å². The maximum atomic E-state index is 11.9. The molecule has 0 aliphatic carbocycles. The van der Waals surface area contributed by atoms with E-state index in [1.165, 1.54) is 5.56 Å². The number of hydrogen-bond donors (Lipinski definition) is 0. The van der Waals surface area contributed by atoms with Gasteiger partial charge in [-0.1, -0.05) is 30.3 Å². The van der Waals surface area contributed by atoms with Gasteiger partial charge in [0.1, 0.15) is 5.84 Å². The zero-order valence-corrected chi connectivity index (χ0v) is 11.0. The van der Waals surface area contributed by atoms with Crippen LogP contribution in [0, 0.1) is 5.92 Å². The minimum atomic E-state index is -0.124. The highest BCUT2D eigenvalue weighted by atomic mass is 16.1. The lowest BCUT2D eigenvalue weighted by atomic mass is 9.93. The maximum absolute atomic E-state index is 11.9. The van der Waals surface area contributed by atoms with Crippen LogP contribution in [0.25, 0.3) is 0 Å². The predicted octanol–water partition coefficient (Wildman–Crippen LogP) is 1.91. The van der Waals surface area contributed by atoms with Gasteiger partial charge in [-0.05, 0) is 18.9 Å². The third-order valence-corrected chi connectivity index (χ3v) is 3.65. The highest BCUT2D eigenvalue weighted by Crippen LogP contribution is 2.21. The van der Waals surface area contributed by atoms with Crippen LogP contribution in [0.2, 0.25) is 0 Å². The van der Waals surface area contributed by atoms with Crippen molar-refractivity contribution < 1.29 is 4.79 Å². The molecular weight excluding hydrogens is 238 g/mol. The average molecular weight is 255 g/mol. The van der Waals surface area contributed by atoms with Crippen molar-refractivity contribution >= 4 is 17.5 Å². The van der Waals surface area contributed by atoms with E-state index in [1.54, 1.807) is 6.92 Å². The first-order valence-corrected chi connectivity index (χ1v) is 6.65. The van der Waals surface area contributed by atoms with Crippen LogP contribution in [0.15, 0.2) is 40.3 Å². The highest BCUT2D eigenvalue weighted by Gasteiger charge is 2.33. The molecule has 1 fully saturated rings. The Morgan fingerprint density at radius 2 is 2.05 bits per heavy atom. The Hall–Kier alpha value is -1.81. The molecule has 2 heterocycles. The zero-order chi connectivity index (χ0) is 13.2. The van der Waals surface area contributed by atoms with Gasteiger partial charge in [-0.25, -0.2) is 4.99 Å². The Labute approximate surface area is 112 Å². The number of benzene rings is 1. The number of amidine groups is 1. The van der Waals surface area contributed by atoms with Gasteiger partial charge in [0.15, 0.2) is 0 Å². The quantitative estimate of drug-likeness (QED) is 0.810. The van der Waals surface area contributed by atoms with Crippen LogP contribution in [0.4, 0.5) is 0 Å². The van der Waals surface area contributed by atoms with Gasteiger partial charge >= 0.3 is 0 Å². The largest absolute Gasteiger partial charge is 0.298 e. The molecule has 4 heteroatoms. The first-order chi connectivity index (χ1) is 9.22. The van der Waals surface area contributed by atoms with Gasteiger partial charge in [0.2, 0.25) is 0 Å². The van der Waals surface area contributed by atoms with Gasteiger partial charge in [-0.2, -0.15) is 4.99 Å². The van der Waals surface area contributed by atoms with Crippen molar-refractivity contribution in [2.75, 3.05) is 13.1 Å². The zero-order valence-electron chi connectivity index (χ0n) is 11.0. The van der Waals surface area contributed by atoms with E-state index in [9.17, 15) is 4.79 Å². The molecule has 4 nitrogen and oxygen atoms in total. The second kappa shape index (κ2) is 5.05. The van der Waals surface area contributed by atoms with Crippen LogP contribution in [0.3, 0.4) is 0 Å². The van der Waals surface area contributed by atoms with E-state index in [2.05, 4.69) is 27.0 Å². The molecule has 1 atom stereocenters. The molecule has 0 bridgehead atoms. The molecule has 0 spiro atoms. The number of piperidine rings is 1. The van der Waals surface area contributed by atoms with E-state index in [4.69, 9.17) is 0 Å². The van der Waals surface area contributed by atoms with Crippen molar-refractivity contribution in [1.82, 2.24) is 4.90 Å². The Morgan fingerprint density at radius 1 is 1.26 bits per heavy atom. The van der Waals surface area contributed by atoms with Crippen molar-refractivity contribution in [1.29, 1.82) is 0 Å². The maximum Gasteiger partial charge on any atom is 0.257 e. The molecule has 1 amide bonds. The molecule has 0 aromatic heterocycles. The molecular formula is C15H17N3O. The Balaban J connectivity index is 1.70. The number of amides is 1. The van der Waals surface area contributed by atoms with Crippen molar-refractivity contribution in [3.8, 4) is 0 Å². The number of hydrogen-bond acceptors (Lipinski definition) is 3. The van der Waals surface area contributed by atoms with Gasteiger partial charge in [-0.15, -0.1) is 0 Å². The van der Waals surface area contributed by atoms with E-state index in [0.717, 1.165) is 31.8 Å². The number of likely N-dealkylation sites (tertiary alicyclic amines) is 1. The predicted molar refractivity (Wildman–Crippen MR) is 75.4 cm³/mol. The second-order valence-electron chi connectivity index (χ2n) is 5.12. The fourth-order valence-corrected chi connectivity index (χ4v) is 2.71. The summed E-state index contributed by atoms with van der Waals surface area (Å²) < 4.78 is 0.